The first kappa shape index (κ1) is 9.81. The highest BCUT2D eigenvalue weighted by molar-refractivity contribution is 7.85. The number of rotatable bonds is 2. The van der Waals surface area contributed by atoms with Crippen molar-refractivity contribution in [3.8, 4) is 5.69 Å². The fraction of sp³-hybridized carbons (Fsp3) is 0. The van der Waals surface area contributed by atoms with Gasteiger partial charge in [0, 0.05) is 5.69 Å². The van der Waals surface area contributed by atoms with E-state index < -0.39 is 10.1 Å². The lowest BCUT2D eigenvalue weighted by Gasteiger charge is -2.01. The topological polar surface area (TPSA) is 85.1 Å². The fourth-order valence-corrected chi connectivity index (χ4v) is 1.60. The molecule has 2 rings (SSSR count). The summed E-state index contributed by atoms with van der Waals surface area (Å²) in [6, 6.07) is 5.72. The molecule has 0 unspecified atom stereocenters. The summed E-state index contributed by atoms with van der Waals surface area (Å²) in [5.74, 6) is 0. The average Bonchev–Trinajstić information content (AvgIpc) is 2.69. The maximum absolute atomic E-state index is 10.8. The second-order valence-corrected chi connectivity index (χ2v) is 4.26. The molecule has 0 aliphatic carbocycles. The van der Waals surface area contributed by atoms with Crippen LogP contribution in [0.25, 0.3) is 5.69 Å². The minimum absolute atomic E-state index is 0.140. The zero-order valence-electron chi connectivity index (χ0n) is 7.48. The highest BCUT2D eigenvalue weighted by Crippen LogP contribution is 2.12. The zero-order valence-corrected chi connectivity index (χ0v) is 8.29. The van der Waals surface area contributed by atoms with Gasteiger partial charge in [-0.1, -0.05) is 0 Å². The van der Waals surface area contributed by atoms with E-state index in [2.05, 4.69) is 10.2 Å². The van der Waals surface area contributed by atoms with Crippen LogP contribution in [0, 0.1) is 0 Å². The Bertz CT molecular complexity index is 545. The summed E-state index contributed by atoms with van der Waals surface area (Å²) in [4.78, 5) is -0.140. The second kappa shape index (κ2) is 3.44. The minimum Gasteiger partial charge on any atom is -0.288 e. The summed E-state index contributed by atoms with van der Waals surface area (Å²) < 4.78 is 31.9. The van der Waals surface area contributed by atoms with Crippen LogP contribution in [0.1, 0.15) is 0 Å². The predicted molar refractivity (Wildman–Crippen MR) is 51.2 cm³/mol. The van der Waals surface area contributed by atoms with Crippen molar-refractivity contribution in [1.29, 1.82) is 0 Å². The summed E-state index contributed by atoms with van der Waals surface area (Å²) in [6.07, 6.45) is 2.98. The van der Waals surface area contributed by atoms with Crippen molar-refractivity contribution in [2.75, 3.05) is 0 Å². The van der Waals surface area contributed by atoms with Crippen LogP contribution in [0.4, 0.5) is 0 Å². The van der Waals surface area contributed by atoms with Crippen molar-refractivity contribution in [3.63, 3.8) is 0 Å². The molecular formula is C8H7N3O3S. The third-order valence-corrected chi connectivity index (χ3v) is 2.72. The van der Waals surface area contributed by atoms with Crippen LogP contribution in [-0.4, -0.2) is 27.7 Å². The largest absolute Gasteiger partial charge is 0.294 e. The van der Waals surface area contributed by atoms with Crippen LogP contribution >= 0.6 is 0 Å². The molecule has 0 amide bonds. The Morgan fingerprint density at radius 3 is 2.07 bits per heavy atom. The Labute approximate surface area is 85.9 Å². The number of nitrogens with zero attached hydrogens (tertiary/aromatic N) is 3. The van der Waals surface area contributed by atoms with Gasteiger partial charge in [0.2, 0.25) is 0 Å². The van der Waals surface area contributed by atoms with E-state index in [1.165, 1.54) is 24.8 Å². The Hall–Kier alpha value is -1.73. The van der Waals surface area contributed by atoms with Crippen LogP contribution in [0.15, 0.2) is 41.8 Å². The van der Waals surface area contributed by atoms with E-state index in [0.29, 0.717) is 5.69 Å². The van der Waals surface area contributed by atoms with E-state index in [1.807, 2.05) is 0 Å². The first-order valence-corrected chi connectivity index (χ1v) is 5.44. The monoisotopic (exact) mass is 225 g/mol. The smallest absolute Gasteiger partial charge is 0.288 e. The summed E-state index contributed by atoms with van der Waals surface area (Å²) in [6.45, 7) is 0. The number of benzene rings is 1. The van der Waals surface area contributed by atoms with Crippen molar-refractivity contribution in [2.24, 2.45) is 0 Å². The highest BCUT2D eigenvalue weighted by atomic mass is 32.2. The van der Waals surface area contributed by atoms with E-state index >= 15 is 0 Å². The van der Waals surface area contributed by atoms with Gasteiger partial charge in [0.1, 0.15) is 12.7 Å². The van der Waals surface area contributed by atoms with Gasteiger partial charge < -0.3 is 0 Å². The second-order valence-electron chi connectivity index (χ2n) is 2.84. The predicted octanol–water partition coefficient (Wildman–Crippen LogP) is 0.514. The van der Waals surface area contributed by atoms with Crippen LogP contribution in [0.5, 0.6) is 0 Å². The lowest BCUT2D eigenvalue weighted by atomic mass is 10.3. The van der Waals surface area contributed by atoms with Gasteiger partial charge in [-0.2, -0.15) is 8.42 Å². The molecule has 78 valence electrons. The lowest BCUT2D eigenvalue weighted by Crippen LogP contribution is -1.98. The molecule has 0 aliphatic rings. The molecule has 1 N–H and O–H groups in total. The van der Waals surface area contributed by atoms with Crippen LogP contribution < -0.4 is 0 Å². The van der Waals surface area contributed by atoms with Crippen molar-refractivity contribution in [1.82, 2.24) is 14.8 Å². The van der Waals surface area contributed by atoms with E-state index in [4.69, 9.17) is 4.55 Å². The third kappa shape index (κ3) is 2.03. The normalized spacial score (nSPS) is 11.5. The molecule has 0 atom stereocenters. The maximum atomic E-state index is 10.8. The van der Waals surface area contributed by atoms with Crippen molar-refractivity contribution in [3.05, 3.63) is 36.9 Å². The van der Waals surface area contributed by atoms with Gasteiger partial charge in [-0.3, -0.25) is 9.12 Å². The molecule has 0 fully saturated rings. The summed E-state index contributed by atoms with van der Waals surface area (Å²) in [7, 11) is -4.13. The molecule has 15 heavy (non-hydrogen) atoms. The average molecular weight is 225 g/mol. The molecule has 6 nitrogen and oxygen atoms in total. The number of aromatic nitrogens is 3. The van der Waals surface area contributed by atoms with E-state index in [9.17, 15) is 8.42 Å². The van der Waals surface area contributed by atoms with E-state index in [0.717, 1.165) is 0 Å². The molecule has 1 aromatic carbocycles. The Morgan fingerprint density at radius 2 is 1.60 bits per heavy atom. The molecule has 1 aromatic heterocycles. The molecule has 0 saturated heterocycles. The fourth-order valence-electron chi connectivity index (χ4n) is 1.12. The maximum Gasteiger partial charge on any atom is 0.294 e. The van der Waals surface area contributed by atoms with Crippen LogP contribution in [0.3, 0.4) is 0 Å². The van der Waals surface area contributed by atoms with Gasteiger partial charge in [-0.15, -0.1) is 10.2 Å². The van der Waals surface area contributed by atoms with Crippen molar-refractivity contribution in [2.45, 2.75) is 4.90 Å². The van der Waals surface area contributed by atoms with Gasteiger partial charge in [-0.25, -0.2) is 0 Å². The molecular weight excluding hydrogens is 218 g/mol. The summed E-state index contributed by atoms with van der Waals surface area (Å²) in [5, 5.41) is 7.23. The Morgan fingerprint density at radius 1 is 1.07 bits per heavy atom. The van der Waals surface area contributed by atoms with Gasteiger partial charge in [0.25, 0.3) is 10.1 Å². The highest BCUT2D eigenvalue weighted by Gasteiger charge is 2.08. The van der Waals surface area contributed by atoms with Gasteiger partial charge in [0.05, 0.1) is 4.90 Å². The number of hydrogen-bond acceptors (Lipinski definition) is 4. The Balaban J connectivity index is 2.42. The molecule has 0 aliphatic heterocycles. The first-order valence-electron chi connectivity index (χ1n) is 4.00. The van der Waals surface area contributed by atoms with Crippen LogP contribution in [0.2, 0.25) is 0 Å². The van der Waals surface area contributed by atoms with Gasteiger partial charge >= 0.3 is 0 Å². The van der Waals surface area contributed by atoms with Crippen LogP contribution in [-0.2, 0) is 10.1 Å². The van der Waals surface area contributed by atoms with E-state index in [1.54, 1.807) is 16.7 Å². The molecule has 1 heterocycles. The summed E-state index contributed by atoms with van der Waals surface area (Å²) in [5.41, 5.74) is 0.715. The molecule has 0 bridgehead atoms. The van der Waals surface area contributed by atoms with E-state index in [-0.39, 0.29) is 4.90 Å². The first-order chi connectivity index (χ1) is 7.07. The lowest BCUT2D eigenvalue weighted by molar-refractivity contribution is 0.483. The molecule has 7 heteroatoms. The standard InChI is InChI=1S/C8H7N3O3S/c12-15(13,14)8-3-1-7(2-4-8)11-5-9-10-6-11/h1-6H,(H,12,13,14). The SMILES string of the molecule is O=S(=O)(O)c1ccc(-n2cnnc2)cc1. The zero-order chi connectivity index (χ0) is 10.9. The van der Waals surface area contributed by atoms with Gasteiger partial charge in [0.15, 0.2) is 0 Å². The number of hydrogen-bond donors (Lipinski definition) is 1. The van der Waals surface area contributed by atoms with Crippen molar-refractivity contribution < 1.29 is 13.0 Å². The third-order valence-electron chi connectivity index (χ3n) is 1.85. The summed E-state index contributed by atoms with van der Waals surface area (Å²) >= 11 is 0. The molecule has 2 aromatic rings. The van der Waals surface area contributed by atoms with Gasteiger partial charge in [-0.05, 0) is 24.3 Å². The Kier molecular flexibility index (Phi) is 2.25. The molecule has 0 saturated carbocycles. The molecule has 0 radical (unpaired) electrons. The molecule has 0 spiro atoms. The quantitative estimate of drug-likeness (QED) is 0.753. The minimum atomic E-state index is -4.13. The van der Waals surface area contributed by atoms with Crippen molar-refractivity contribution >= 4 is 10.1 Å².